The van der Waals surface area contributed by atoms with Gasteiger partial charge in [-0.25, -0.2) is 36.5 Å². The maximum absolute atomic E-state index is 15.3. The first-order valence-electron chi connectivity index (χ1n) is 15.8. The van der Waals surface area contributed by atoms with Crippen LogP contribution in [0.3, 0.4) is 0 Å². The van der Waals surface area contributed by atoms with E-state index in [4.69, 9.17) is 27.9 Å². The Labute approximate surface area is 304 Å². The molecule has 2 heterocycles. The summed E-state index contributed by atoms with van der Waals surface area (Å²) < 4.78 is 79.3. The van der Waals surface area contributed by atoms with Crippen molar-refractivity contribution in [2.75, 3.05) is 23.0 Å². The molecule has 276 valence electrons. The lowest BCUT2D eigenvalue weighted by Crippen LogP contribution is -2.60. The van der Waals surface area contributed by atoms with Crippen LogP contribution in [-0.2, 0) is 19.2 Å². The summed E-state index contributed by atoms with van der Waals surface area (Å²) in [6, 6.07) is 8.77. The third kappa shape index (κ3) is 4.84. The average Bonchev–Trinajstić information content (AvgIpc) is 3.47. The van der Waals surface area contributed by atoms with E-state index in [2.05, 4.69) is 0 Å². The van der Waals surface area contributed by atoms with Crippen molar-refractivity contribution in [3.05, 3.63) is 94.3 Å². The number of aliphatic hydroxyl groups is 1. The fourth-order valence-electron chi connectivity index (χ4n) is 8.01. The van der Waals surface area contributed by atoms with Crippen LogP contribution < -0.4 is 14.5 Å². The number of benzene rings is 3. The molecule has 2 aliphatic carbocycles. The molecular weight excluding hydrogens is 758 g/mol. The van der Waals surface area contributed by atoms with Gasteiger partial charge >= 0.3 is 5.97 Å². The summed E-state index contributed by atoms with van der Waals surface area (Å²) in [5.41, 5.74) is -2.45. The van der Waals surface area contributed by atoms with Crippen LogP contribution in [-0.4, -0.2) is 67.9 Å². The van der Waals surface area contributed by atoms with Gasteiger partial charge in [0.05, 0.1) is 24.1 Å². The average molecular weight is 781 g/mol. The number of ether oxygens (including phenoxy) is 1. The zero-order valence-electron chi connectivity index (χ0n) is 26.6. The molecule has 0 radical (unpaired) electrons. The van der Waals surface area contributed by atoms with Crippen LogP contribution in [0.4, 0.5) is 33.3 Å². The van der Waals surface area contributed by atoms with Crippen molar-refractivity contribution in [3.8, 4) is 11.5 Å². The van der Waals surface area contributed by atoms with E-state index in [9.17, 15) is 52.5 Å². The summed E-state index contributed by atoms with van der Waals surface area (Å²) in [4.78, 5) is 63.2. The SMILES string of the molecule is O=C(O)c1ccc(N2C(=O)[C@H]3[C@H](CC=C4[C@H]3C[C@@]3(Cl)C(=O)N(c5c(F)c(F)c(F)c(F)c5F)C(=O)[C@@]3(Cl)[C@H]4c3ccccc3OCCO)C2=O)cc1O. The molecule has 18 heteroatoms. The molecule has 6 atom stereocenters. The molecule has 4 amide bonds. The number of fused-ring (bicyclic) bond motifs is 4. The molecule has 0 aromatic heterocycles. The second-order valence-corrected chi connectivity index (χ2v) is 14.1. The number of hydrogen-bond donors (Lipinski definition) is 3. The highest BCUT2D eigenvalue weighted by atomic mass is 35.5. The van der Waals surface area contributed by atoms with E-state index in [1.54, 1.807) is 0 Å². The predicted molar refractivity (Wildman–Crippen MR) is 173 cm³/mol. The molecular formula is C35H23Cl2F5N2O9. The first-order valence-corrected chi connectivity index (χ1v) is 16.5. The topological polar surface area (TPSA) is 162 Å². The number of phenols is 1. The Morgan fingerprint density at radius 1 is 0.868 bits per heavy atom. The van der Waals surface area contributed by atoms with Gasteiger partial charge in [-0.2, -0.15) is 0 Å². The fraction of sp³-hybridized carbons (Fsp3) is 0.286. The zero-order valence-corrected chi connectivity index (χ0v) is 28.1. The number of halogens is 7. The van der Waals surface area contributed by atoms with E-state index < -0.39 is 122 Å². The van der Waals surface area contributed by atoms with Gasteiger partial charge in [0.25, 0.3) is 11.8 Å². The number of aromatic carboxylic acids is 1. The zero-order chi connectivity index (χ0) is 38.5. The Morgan fingerprint density at radius 2 is 1.51 bits per heavy atom. The summed E-state index contributed by atoms with van der Waals surface area (Å²) in [7, 11) is 0. The number of para-hydroxylation sites is 1. The molecule has 53 heavy (non-hydrogen) atoms. The number of aromatic hydroxyl groups is 1. The van der Waals surface area contributed by atoms with E-state index in [1.165, 1.54) is 30.3 Å². The summed E-state index contributed by atoms with van der Waals surface area (Å²) >= 11 is 14.3. The molecule has 3 aromatic rings. The number of alkyl halides is 2. The lowest BCUT2D eigenvalue weighted by atomic mass is 9.56. The molecule has 7 rings (SSSR count). The van der Waals surface area contributed by atoms with Gasteiger partial charge < -0.3 is 20.1 Å². The van der Waals surface area contributed by atoms with Crippen molar-refractivity contribution in [2.24, 2.45) is 17.8 Å². The summed E-state index contributed by atoms with van der Waals surface area (Å²) in [6.45, 7) is -0.780. The van der Waals surface area contributed by atoms with Crippen LogP contribution in [0.2, 0.25) is 0 Å². The third-order valence-corrected chi connectivity index (χ3v) is 11.7. The van der Waals surface area contributed by atoms with Crippen molar-refractivity contribution in [3.63, 3.8) is 0 Å². The number of carboxylic acid groups (broad SMARTS) is 1. The molecule has 0 spiro atoms. The van der Waals surface area contributed by atoms with Crippen molar-refractivity contribution < 1.29 is 66.0 Å². The fourth-order valence-corrected chi connectivity index (χ4v) is 8.94. The highest BCUT2D eigenvalue weighted by molar-refractivity contribution is 6.58. The van der Waals surface area contributed by atoms with Gasteiger partial charge in [0, 0.05) is 17.5 Å². The summed E-state index contributed by atoms with van der Waals surface area (Å²) in [6.07, 6.45) is 0.560. The molecule has 4 aliphatic rings. The number of carboxylic acids is 1. The van der Waals surface area contributed by atoms with E-state index in [1.807, 2.05) is 0 Å². The summed E-state index contributed by atoms with van der Waals surface area (Å²) in [5.74, 6) is -25.1. The number of anilines is 2. The van der Waals surface area contributed by atoms with Gasteiger partial charge in [0.1, 0.15) is 29.4 Å². The second-order valence-electron chi connectivity index (χ2n) is 12.8. The van der Waals surface area contributed by atoms with Crippen LogP contribution in [0.1, 0.15) is 34.7 Å². The largest absolute Gasteiger partial charge is 0.507 e. The molecule has 3 fully saturated rings. The molecule has 3 N–H and O–H groups in total. The maximum Gasteiger partial charge on any atom is 0.339 e. The highest BCUT2D eigenvalue weighted by Gasteiger charge is 2.77. The Balaban J connectivity index is 1.42. The Morgan fingerprint density at radius 3 is 2.13 bits per heavy atom. The first-order chi connectivity index (χ1) is 25.0. The number of carbonyl (C=O) groups is 5. The number of hydrogen-bond acceptors (Lipinski definition) is 8. The van der Waals surface area contributed by atoms with Gasteiger partial charge in [-0.1, -0.05) is 29.8 Å². The van der Waals surface area contributed by atoms with E-state index in [-0.39, 0.29) is 40.5 Å². The minimum atomic E-state index is -2.79. The van der Waals surface area contributed by atoms with Crippen LogP contribution in [0, 0.1) is 46.8 Å². The normalized spacial score (nSPS) is 27.8. The number of carbonyl (C=O) groups excluding carboxylic acids is 4. The molecule has 11 nitrogen and oxygen atoms in total. The van der Waals surface area contributed by atoms with Gasteiger partial charge in [-0.15, -0.1) is 23.2 Å². The standard InChI is InChI=1S/C35H23Cl2F5N2O9/c36-34-12-18-14(7-8-17-21(18)30(48)43(29(17)47)13-5-6-15(31(49)50)19(46)11-13)22(16-3-1-2-4-20(16)53-10-9-45)35(34,37)33(52)44(32(34)51)28-26(41)24(39)23(38)25(40)27(28)42/h1-7,11,17-18,21-22,45-46H,8-10,12H2,(H,49,50)/t17-,18+,21-,22+,34+,35-/m0/s1. The van der Waals surface area contributed by atoms with E-state index >= 15 is 8.78 Å². The maximum atomic E-state index is 15.3. The van der Waals surface area contributed by atoms with Crippen molar-refractivity contribution in [1.82, 2.24) is 0 Å². The van der Waals surface area contributed by atoms with Gasteiger partial charge in [-0.05, 0) is 37.0 Å². The number of aliphatic hydroxyl groups excluding tert-OH is 1. The predicted octanol–water partition coefficient (Wildman–Crippen LogP) is 4.93. The highest BCUT2D eigenvalue weighted by Crippen LogP contribution is 2.66. The Hall–Kier alpha value is -5.06. The minimum Gasteiger partial charge on any atom is -0.507 e. The molecule has 0 unspecified atom stereocenters. The molecule has 3 aromatic carbocycles. The van der Waals surface area contributed by atoms with Gasteiger partial charge in [0.15, 0.2) is 33.0 Å². The number of imide groups is 2. The smallest absolute Gasteiger partial charge is 0.339 e. The number of amides is 4. The first kappa shape index (κ1) is 36.3. The third-order valence-electron chi connectivity index (χ3n) is 10.3. The molecule has 1 saturated carbocycles. The van der Waals surface area contributed by atoms with Crippen LogP contribution in [0.15, 0.2) is 54.1 Å². The van der Waals surface area contributed by atoms with Gasteiger partial charge in [0.2, 0.25) is 17.6 Å². The van der Waals surface area contributed by atoms with E-state index in [0.29, 0.717) is 0 Å². The summed E-state index contributed by atoms with van der Waals surface area (Å²) in [5, 5.41) is 29.1. The number of allylic oxidation sites excluding steroid dienone is 2. The minimum absolute atomic E-state index is 0.0198. The molecule has 2 saturated heterocycles. The van der Waals surface area contributed by atoms with Crippen molar-refractivity contribution >= 4 is 64.2 Å². The van der Waals surface area contributed by atoms with Crippen LogP contribution in [0.5, 0.6) is 11.5 Å². The Bertz CT molecular complexity index is 2190. The van der Waals surface area contributed by atoms with Crippen LogP contribution >= 0.6 is 23.2 Å². The monoisotopic (exact) mass is 780 g/mol. The number of rotatable bonds is 7. The van der Waals surface area contributed by atoms with E-state index in [0.717, 1.165) is 23.1 Å². The van der Waals surface area contributed by atoms with Gasteiger partial charge in [-0.3, -0.25) is 19.2 Å². The Kier molecular flexibility index (Phi) is 8.58. The molecule has 0 bridgehead atoms. The van der Waals surface area contributed by atoms with Crippen molar-refractivity contribution in [2.45, 2.75) is 28.5 Å². The molecule has 2 aliphatic heterocycles. The lowest BCUT2D eigenvalue weighted by Gasteiger charge is -2.50. The lowest BCUT2D eigenvalue weighted by molar-refractivity contribution is -0.125. The van der Waals surface area contributed by atoms with Crippen molar-refractivity contribution in [1.29, 1.82) is 0 Å². The van der Waals surface area contributed by atoms with Crippen LogP contribution in [0.25, 0.3) is 0 Å². The second kappa shape index (κ2) is 12.5. The number of nitrogens with zero attached hydrogens (tertiary/aromatic N) is 2. The quantitative estimate of drug-likeness (QED) is 0.0755.